The number of benzene rings is 1. The first-order chi connectivity index (χ1) is 18.2. The van der Waals surface area contributed by atoms with Crippen LogP contribution < -0.4 is 21.7 Å². The number of anilines is 1. The van der Waals surface area contributed by atoms with E-state index in [2.05, 4.69) is 48.0 Å². The van der Waals surface area contributed by atoms with Crippen LogP contribution in [0, 0.1) is 0 Å². The molecule has 1 amide bonds. The normalized spacial score (nSPS) is 10.9. The second-order valence-corrected chi connectivity index (χ2v) is 8.34. The molecule has 0 radical (unpaired) electrons. The van der Waals surface area contributed by atoms with E-state index in [9.17, 15) is 4.79 Å². The average molecular weight is 501 g/mol. The Labute approximate surface area is 216 Å². The highest BCUT2D eigenvalue weighted by Gasteiger charge is 2.15. The lowest BCUT2D eigenvalue weighted by molar-refractivity contribution is 0.0951. The van der Waals surface area contributed by atoms with Gasteiger partial charge in [-0.3, -0.25) is 9.78 Å². The number of hydrogen-bond acceptors (Lipinski definition) is 9. The third-order valence-corrected chi connectivity index (χ3v) is 5.87. The van der Waals surface area contributed by atoms with Crippen LogP contribution >= 0.6 is 0 Å². The Morgan fingerprint density at radius 1 is 1.03 bits per heavy atom. The van der Waals surface area contributed by atoms with Crippen molar-refractivity contribution in [2.45, 2.75) is 33.0 Å². The van der Waals surface area contributed by atoms with Crippen molar-refractivity contribution in [2.24, 2.45) is 5.73 Å². The van der Waals surface area contributed by atoms with Crippen molar-refractivity contribution < 1.29 is 4.79 Å². The van der Waals surface area contributed by atoms with E-state index in [0.717, 1.165) is 35.6 Å². The first kappa shape index (κ1) is 25.9. The predicted molar refractivity (Wildman–Crippen MR) is 142 cm³/mol. The molecule has 37 heavy (non-hydrogen) atoms. The number of amides is 1. The van der Waals surface area contributed by atoms with Crippen molar-refractivity contribution in [2.75, 3.05) is 25.0 Å². The topological polar surface area (TPSA) is 149 Å². The summed E-state index contributed by atoms with van der Waals surface area (Å²) in [5.41, 5.74) is 9.88. The van der Waals surface area contributed by atoms with Gasteiger partial charge in [0.05, 0.1) is 6.54 Å². The number of carbonyl (C=O) groups is 1. The van der Waals surface area contributed by atoms with E-state index in [0.29, 0.717) is 49.8 Å². The number of pyridine rings is 1. The van der Waals surface area contributed by atoms with Crippen LogP contribution in [0.2, 0.25) is 0 Å². The Bertz CT molecular complexity index is 1290. The molecule has 0 fully saturated rings. The van der Waals surface area contributed by atoms with Gasteiger partial charge in [-0.1, -0.05) is 13.0 Å². The van der Waals surface area contributed by atoms with Gasteiger partial charge in [0.25, 0.3) is 5.91 Å². The minimum Gasteiger partial charge on any atom is -0.378 e. The lowest BCUT2D eigenvalue weighted by Crippen LogP contribution is -2.27. The third kappa shape index (κ3) is 6.93. The smallest absolute Gasteiger partial charge is 0.251 e. The van der Waals surface area contributed by atoms with Crippen molar-refractivity contribution >= 4 is 11.6 Å². The predicted octanol–water partition coefficient (Wildman–Crippen LogP) is 1.78. The highest BCUT2D eigenvalue weighted by atomic mass is 16.1. The molecule has 4 aromatic rings. The summed E-state index contributed by atoms with van der Waals surface area (Å²) < 4.78 is 2.02. The zero-order valence-corrected chi connectivity index (χ0v) is 20.9. The van der Waals surface area contributed by atoms with Gasteiger partial charge in [-0.05, 0) is 47.9 Å². The molecule has 0 spiro atoms. The van der Waals surface area contributed by atoms with Crippen molar-refractivity contribution in [1.82, 2.24) is 40.3 Å². The lowest BCUT2D eigenvalue weighted by atomic mass is 10.1. The first-order valence-corrected chi connectivity index (χ1v) is 12.3. The first-order valence-electron chi connectivity index (χ1n) is 12.3. The van der Waals surface area contributed by atoms with Crippen LogP contribution in [0.3, 0.4) is 0 Å². The van der Waals surface area contributed by atoms with E-state index >= 15 is 0 Å². The molecule has 3 heterocycles. The molecule has 4 rings (SSSR count). The molecule has 0 aliphatic carbocycles. The molecule has 0 aliphatic rings. The van der Waals surface area contributed by atoms with Gasteiger partial charge in [0.1, 0.15) is 12.0 Å². The molecule has 0 aliphatic heterocycles. The van der Waals surface area contributed by atoms with Crippen molar-refractivity contribution in [3.05, 3.63) is 83.8 Å². The summed E-state index contributed by atoms with van der Waals surface area (Å²) >= 11 is 0. The summed E-state index contributed by atoms with van der Waals surface area (Å²) in [6, 6.07) is 11.2. The van der Waals surface area contributed by atoms with Gasteiger partial charge >= 0.3 is 0 Å². The van der Waals surface area contributed by atoms with Crippen molar-refractivity contribution in [3.63, 3.8) is 0 Å². The number of aromatic nitrogens is 6. The number of nitrogens with two attached hydrogens (primary N) is 1. The number of rotatable bonds is 13. The molecule has 0 saturated carbocycles. The van der Waals surface area contributed by atoms with Gasteiger partial charge in [0.15, 0.2) is 11.6 Å². The van der Waals surface area contributed by atoms with Gasteiger partial charge < -0.3 is 26.3 Å². The summed E-state index contributed by atoms with van der Waals surface area (Å²) in [4.78, 5) is 25.3. The standard InChI is InChI=1S/C26H32N10O/c1-2-19-15-29-9-6-21(19)16-32-26(37)20-4-3-5-22(14-20)31-17-24-34-35-25(23-7-10-30-18-33-23)36(24)13-12-28-11-8-27/h3-7,9-10,14-15,18,28,31H,2,8,11-13,16-17,27H2,1H3,(H,32,37). The van der Waals surface area contributed by atoms with Gasteiger partial charge in [-0.25, -0.2) is 9.97 Å². The van der Waals surface area contributed by atoms with E-state index in [4.69, 9.17) is 5.73 Å². The van der Waals surface area contributed by atoms with Gasteiger partial charge in [-0.2, -0.15) is 0 Å². The van der Waals surface area contributed by atoms with Crippen LogP contribution in [-0.4, -0.2) is 55.3 Å². The molecule has 11 nitrogen and oxygen atoms in total. The van der Waals surface area contributed by atoms with Crippen LogP contribution in [0.15, 0.2) is 61.3 Å². The van der Waals surface area contributed by atoms with Gasteiger partial charge in [0, 0.05) is 62.6 Å². The largest absolute Gasteiger partial charge is 0.378 e. The highest BCUT2D eigenvalue weighted by Crippen LogP contribution is 2.17. The Morgan fingerprint density at radius 3 is 2.73 bits per heavy atom. The molecule has 0 unspecified atom stereocenters. The van der Waals surface area contributed by atoms with Crippen LogP contribution in [0.1, 0.15) is 34.2 Å². The number of nitrogens with one attached hydrogen (secondary N) is 3. The Morgan fingerprint density at radius 2 is 1.92 bits per heavy atom. The lowest BCUT2D eigenvalue weighted by Gasteiger charge is -2.13. The fourth-order valence-corrected chi connectivity index (χ4v) is 3.91. The fraction of sp³-hybridized carbons (Fsp3) is 0.308. The van der Waals surface area contributed by atoms with Crippen LogP contribution in [-0.2, 0) is 26.1 Å². The zero-order chi connectivity index (χ0) is 25.9. The molecule has 1 aromatic carbocycles. The molecular weight excluding hydrogens is 468 g/mol. The summed E-state index contributed by atoms with van der Waals surface area (Å²) in [5, 5.41) is 18.4. The van der Waals surface area contributed by atoms with E-state index in [-0.39, 0.29) is 5.91 Å². The molecule has 5 N–H and O–H groups in total. The van der Waals surface area contributed by atoms with E-state index in [1.165, 1.54) is 6.33 Å². The molecule has 0 saturated heterocycles. The number of carbonyl (C=O) groups excluding carboxylic acids is 1. The second-order valence-electron chi connectivity index (χ2n) is 8.34. The third-order valence-electron chi connectivity index (χ3n) is 5.87. The number of nitrogens with zero attached hydrogens (tertiary/aromatic N) is 6. The van der Waals surface area contributed by atoms with Crippen molar-refractivity contribution in [1.29, 1.82) is 0 Å². The number of aryl methyl sites for hydroxylation is 1. The van der Waals surface area contributed by atoms with Gasteiger partial charge in [0.2, 0.25) is 0 Å². The fourth-order valence-electron chi connectivity index (χ4n) is 3.91. The molecule has 3 aromatic heterocycles. The molecular formula is C26H32N10O. The molecule has 0 bridgehead atoms. The monoisotopic (exact) mass is 500 g/mol. The zero-order valence-electron chi connectivity index (χ0n) is 20.9. The average Bonchev–Trinajstić information content (AvgIpc) is 3.36. The maximum atomic E-state index is 12.8. The Kier molecular flexibility index (Phi) is 9.22. The van der Waals surface area contributed by atoms with Gasteiger partial charge in [-0.15, -0.1) is 10.2 Å². The molecule has 11 heteroatoms. The summed E-state index contributed by atoms with van der Waals surface area (Å²) in [6.07, 6.45) is 7.63. The summed E-state index contributed by atoms with van der Waals surface area (Å²) in [5.74, 6) is 1.29. The van der Waals surface area contributed by atoms with E-state index < -0.39 is 0 Å². The SMILES string of the molecule is CCc1cnccc1CNC(=O)c1cccc(NCc2nnc(-c3ccncn3)n2CCNCCN)c1. The summed E-state index contributed by atoms with van der Waals surface area (Å²) in [6.45, 7) is 5.63. The quantitative estimate of drug-likeness (QED) is 0.202. The minimum absolute atomic E-state index is 0.136. The molecule has 192 valence electrons. The van der Waals surface area contributed by atoms with Crippen LogP contribution in [0.25, 0.3) is 11.5 Å². The van der Waals surface area contributed by atoms with Crippen LogP contribution in [0.5, 0.6) is 0 Å². The van der Waals surface area contributed by atoms with E-state index in [1.807, 2.05) is 41.1 Å². The second kappa shape index (κ2) is 13.2. The van der Waals surface area contributed by atoms with E-state index in [1.54, 1.807) is 18.5 Å². The Balaban J connectivity index is 1.43. The van der Waals surface area contributed by atoms with Crippen molar-refractivity contribution in [3.8, 4) is 11.5 Å². The minimum atomic E-state index is -0.136. The maximum Gasteiger partial charge on any atom is 0.251 e. The number of hydrogen-bond donors (Lipinski definition) is 4. The Hall–Kier alpha value is -4.22. The van der Waals surface area contributed by atoms with Crippen LogP contribution in [0.4, 0.5) is 5.69 Å². The highest BCUT2D eigenvalue weighted by molar-refractivity contribution is 5.95. The summed E-state index contributed by atoms with van der Waals surface area (Å²) in [7, 11) is 0. The molecule has 0 atom stereocenters. The maximum absolute atomic E-state index is 12.8.